The highest BCUT2D eigenvalue weighted by molar-refractivity contribution is 7.09. The second-order valence-corrected chi connectivity index (χ2v) is 5.18. The highest BCUT2D eigenvalue weighted by Gasteiger charge is 2.17. The summed E-state index contributed by atoms with van der Waals surface area (Å²) in [6.07, 6.45) is -0.823. The molecule has 0 saturated heterocycles. The standard InChI is InChI=1S/C11H9Cl2NOS/c1-6-14-9(5-16-6)11(15)7-3-2-4-8(12)10(7)13/h2-5,11,15H,1H3. The number of halogens is 2. The van der Waals surface area contributed by atoms with Crippen molar-refractivity contribution < 1.29 is 5.11 Å². The van der Waals surface area contributed by atoms with E-state index in [9.17, 15) is 5.11 Å². The van der Waals surface area contributed by atoms with Crippen molar-refractivity contribution in [1.82, 2.24) is 4.98 Å². The minimum atomic E-state index is -0.823. The van der Waals surface area contributed by atoms with E-state index in [1.54, 1.807) is 18.2 Å². The Bertz CT molecular complexity index is 512. The molecular weight excluding hydrogens is 265 g/mol. The van der Waals surface area contributed by atoms with Crippen LogP contribution in [-0.4, -0.2) is 10.1 Å². The first kappa shape index (κ1) is 11.9. The molecule has 2 aromatic rings. The lowest BCUT2D eigenvalue weighted by Gasteiger charge is -2.10. The van der Waals surface area contributed by atoms with Gasteiger partial charge >= 0.3 is 0 Å². The van der Waals surface area contributed by atoms with E-state index in [0.717, 1.165) is 5.01 Å². The van der Waals surface area contributed by atoms with Gasteiger partial charge in [0.2, 0.25) is 0 Å². The van der Waals surface area contributed by atoms with Crippen LogP contribution in [0.15, 0.2) is 23.6 Å². The Kier molecular flexibility index (Phi) is 3.50. The van der Waals surface area contributed by atoms with E-state index in [0.29, 0.717) is 21.3 Å². The van der Waals surface area contributed by atoms with Gasteiger partial charge in [-0.25, -0.2) is 4.98 Å². The first-order valence-corrected chi connectivity index (χ1v) is 6.27. The zero-order valence-corrected chi connectivity index (χ0v) is 10.8. The topological polar surface area (TPSA) is 33.1 Å². The van der Waals surface area contributed by atoms with Crippen LogP contribution in [0.1, 0.15) is 22.4 Å². The lowest BCUT2D eigenvalue weighted by atomic mass is 10.1. The quantitative estimate of drug-likeness (QED) is 0.902. The molecule has 0 aliphatic heterocycles. The number of aryl methyl sites for hydroxylation is 1. The largest absolute Gasteiger partial charge is 0.382 e. The summed E-state index contributed by atoms with van der Waals surface area (Å²) in [5, 5.41) is 13.7. The molecule has 1 aromatic heterocycles. The molecule has 16 heavy (non-hydrogen) atoms. The molecule has 0 spiro atoms. The SMILES string of the molecule is Cc1nc(C(O)c2cccc(Cl)c2Cl)cs1. The predicted molar refractivity (Wildman–Crippen MR) is 67.4 cm³/mol. The predicted octanol–water partition coefficient (Wildman–Crippen LogP) is 3.84. The van der Waals surface area contributed by atoms with Crippen LogP contribution in [0, 0.1) is 6.92 Å². The van der Waals surface area contributed by atoms with Crippen LogP contribution >= 0.6 is 34.5 Å². The van der Waals surface area contributed by atoms with Gasteiger partial charge in [0, 0.05) is 10.9 Å². The highest BCUT2D eigenvalue weighted by atomic mass is 35.5. The molecule has 1 aromatic carbocycles. The number of benzene rings is 1. The van der Waals surface area contributed by atoms with Crippen molar-refractivity contribution in [1.29, 1.82) is 0 Å². The minimum absolute atomic E-state index is 0.377. The van der Waals surface area contributed by atoms with Gasteiger partial charge in [0.05, 0.1) is 20.7 Å². The summed E-state index contributed by atoms with van der Waals surface area (Å²) in [4.78, 5) is 4.22. The lowest BCUT2D eigenvalue weighted by molar-refractivity contribution is 0.216. The van der Waals surface area contributed by atoms with Crippen molar-refractivity contribution in [3.8, 4) is 0 Å². The summed E-state index contributed by atoms with van der Waals surface area (Å²) < 4.78 is 0. The van der Waals surface area contributed by atoms with Gasteiger partial charge < -0.3 is 5.11 Å². The van der Waals surface area contributed by atoms with E-state index < -0.39 is 6.10 Å². The van der Waals surface area contributed by atoms with E-state index in [1.807, 2.05) is 12.3 Å². The van der Waals surface area contributed by atoms with Crippen LogP contribution < -0.4 is 0 Å². The zero-order chi connectivity index (χ0) is 11.7. The number of aliphatic hydroxyl groups is 1. The minimum Gasteiger partial charge on any atom is -0.382 e. The van der Waals surface area contributed by atoms with Crippen molar-refractivity contribution in [3.05, 3.63) is 49.9 Å². The average Bonchev–Trinajstić information content (AvgIpc) is 2.68. The highest BCUT2D eigenvalue weighted by Crippen LogP contribution is 2.33. The summed E-state index contributed by atoms with van der Waals surface area (Å²) in [6.45, 7) is 1.89. The van der Waals surface area contributed by atoms with Crippen molar-refractivity contribution in [3.63, 3.8) is 0 Å². The Hall–Kier alpha value is -0.610. The third-order valence-electron chi connectivity index (χ3n) is 2.19. The Morgan fingerprint density at radius 1 is 1.38 bits per heavy atom. The fraction of sp³-hybridized carbons (Fsp3) is 0.182. The van der Waals surface area contributed by atoms with Crippen LogP contribution in [0.25, 0.3) is 0 Å². The van der Waals surface area contributed by atoms with Crippen LogP contribution in [0.5, 0.6) is 0 Å². The normalized spacial score (nSPS) is 12.8. The maximum Gasteiger partial charge on any atom is 0.123 e. The molecule has 0 radical (unpaired) electrons. The number of rotatable bonds is 2. The Morgan fingerprint density at radius 2 is 2.12 bits per heavy atom. The number of hydrogen-bond acceptors (Lipinski definition) is 3. The monoisotopic (exact) mass is 273 g/mol. The third-order valence-corrected chi connectivity index (χ3v) is 3.82. The molecule has 0 fully saturated rings. The molecule has 0 aliphatic carbocycles. The number of hydrogen-bond donors (Lipinski definition) is 1. The fourth-order valence-electron chi connectivity index (χ4n) is 1.40. The summed E-state index contributed by atoms with van der Waals surface area (Å²) in [5.41, 5.74) is 1.19. The second-order valence-electron chi connectivity index (χ2n) is 3.34. The molecule has 1 N–H and O–H groups in total. The molecule has 2 rings (SSSR count). The van der Waals surface area contributed by atoms with Crippen molar-refractivity contribution >= 4 is 34.5 Å². The molecule has 1 unspecified atom stereocenters. The van der Waals surface area contributed by atoms with Crippen molar-refractivity contribution in [2.24, 2.45) is 0 Å². The Morgan fingerprint density at radius 3 is 2.75 bits per heavy atom. The summed E-state index contributed by atoms with van der Waals surface area (Å²) in [7, 11) is 0. The van der Waals surface area contributed by atoms with Crippen LogP contribution in [-0.2, 0) is 0 Å². The molecule has 0 amide bonds. The maximum atomic E-state index is 10.1. The van der Waals surface area contributed by atoms with Gasteiger partial charge in [0.25, 0.3) is 0 Å². The van der Waals surface area contributed by atoms with E-state index in [1.165, 1.54) is 11.3 Å². The first-order chi connectivity index (χ1) is 7.59. The fourth-order valence-corrected chi connectivity index (χ4v) is 2.44. The van der Waals surface area contributed by atoms with Gasteiger partial charge in [-0.1, -0.05) is 35.3 Å². The van der Waals surface area contributed by atoms with Gasteiger partial charge in [0.15, 0.2) is 0 Å². The summed E-state index contributed by atoms with van der Waals surface area (Å²) >= 11 is 13.4. The molecule has 84 valence electrons. The van der Waals surface area contributed by atoms with Crippen LogP contribution in [0.2, 0.25) is 10.0 Å². The van der Waals surface area contributed by atoms with Gasteiger partial charge in [-0.15, -0.1) is 11.3 Å². The number of nitrogens with zero attached hydrogens (tertiary/aromatic N) is 1. The number of aromatic nitrogens is 1. The summed E-state index contributed by atoms with van der Waals surface area (Å²) in [5.74, 6) is 0. The summed E-state index contributed by atoms with van der Waals surface area (Å²) in [6, 6.07) is 5.19. The van der Waals surface area contributed by atoms with E-state index in [-0.39, 0.29) is 0 Å². The molecule has 2 nitrogen and oxygen atoms in total. The molecule has 1 heterocycles. The molecule has 0 aliphatic rings. The van der Waals surface area contributed by atoms with Gasteiger partial charge in [-0.3, -0.25) is 0 Å². The first-order valence-electron chi connectivity index (χ1n) is 4.63. The molecular formula is C11H9Cl2NOS. The van der Waals surface area contributed by atoms with E-state index >= 15 is 0 Å². The Balaban J connectivity index is 2.41. The van der Waals surface area contributed by atoms with Crippen LogP contribution in [0.4, 0.5) is 0 Å². The molecule has 0 saturated carbocycles. The van der Waals surface area contributed by atoms with Crippen molar-refractivity contribution in [2.45, 2.75) is 13.0 Å². The zero-order valence-electron chi connectivity index (χ0n) is 8.45. The molecule has 0 bridgehead atoms. The third kappa shape index (κ3) is 2.23. The van der Waals surface area contributed by atoms with Crippen LogP contribution in [0.3, 0.4) is 0 Å². The average molecular weight is 274 g/mol. The maximum absolute atomic E-state index is 10.1. The van der Waals surface area contributed by atoms with E-state index in [4.69, 9.17) is 23.2 Å². The lowest BCUT2D eigenvalue weighted by Crippen LogP contribution is -2.01. The number of aliphatic hydroxyl groups excluding tert-OH is 1. The number of thiazole rings is 1. The molecule has 1 atom stereocenters. The van der Waals surface area contributed by atoms with Gasteiger partial charge in [-0.05, 0) is 13.0 Å². The van der Waals surface area contributed by atoms with E-state index in [2.05, 4.69) is 4.98 Å². The van der Waals surface area contributed by atoms with Gasteiger partial charge in [0.1, 0.15) is 6.10 Å². The van der Waals surface area contributed by atoms with Crippen molar-refractivity contribution in [2.75, 3.05) is 0 Å². The van der Waals surface area contributed by atoms with Gasteiger partial charge in [-0.2, -0.15) is 0 Å². The second kappa shape index (κ2) is 4.72. The molecule has 5 heteroatoms. The smallest absolute Gasteiger partial charge is 0.123 e. The Labute approximate surface area is 107 Å².